The maximum Gasteiger partial charge on any atom is 0.180 e. The fourth-order valence-electron chi connectivity index (χ4n) is 2.02. The summed E-state index contributed by atoms with van der Waals surface area (Å²) in [4.78, 5) is 0. The highest BCUT2D eigenvalue weighted by Crippen LogP contribution is 2.37. The van der Waals surface area contributed by atoms with Crippen LogP contribution >= 0.6 is 23.2 Å². The summed E-state index contributed by atoms with van der Waals surface area (Å²) < 4.78 is 13.0. The van der Waals surface area contributed by atoms with Crippen LogP contribution in [0.25, 0.3) is 0 Å². The molecule has 4 nitrogen and oxygen atoms in total. The fraction of sp³-hybridized carbons (Fsp3) is 0.400. The van der Waals surface area contributed by atoms with E-state index in [0.29, 0.717) is 29.0 Å². The van der Waals surface area contributed by atoms with Gasteiger partial charge in [0.2, 0.25) is 0 Å². The van der Waals surface area contributed by atoms with E-state index in [1.54, 1.807) is 13.2 Å². The van der Waals surface area contributed by atoms with E-state index in [1.807, 2.05) is 23.9 Å². The molecular weight excluding hydrogens is 311 g/mol. The van der Waals surface area contributed by atoms with Crippen LogP contribution in [0.4, 0.5) is 0 Å². The van der Waals surface area contributed by atoms with Crippen LogP contribution in [-0.4, -0.2) is 16.9 Å². The number of hydrogen-bond donors (Lipinski definition) is 0. The number of ether oxygens (including phenoxy) is 2. The van der Waals surface area contributed by atoms with Crippen molar-refractivity contribution in [1.29, 1.82) is 0 Å². The summed E-state index contributed by atoms with van der Waals surface area (Å²) in [6, 6.07) is 5.63. The summed E-state index contributed by atoms with van der Waals surface area (Å²) in [5.41, 5.74) is 2.90. The quantitative estimate of drug-likeness (QED) is 0.753. The van der Waals surface area contributed by atoms with E-state index in [2.05, 4.69) is 12.0 Å². The molecule has 0 unspecified atom stereocenters. The normalized spacial score (nSPS) is 10.7. The summed E-state index contributed by atoms with van der Waals surface area (Å²) in [6.45, 7) is 2.44. The maximum atomic E-state index is 6.24. The zero-order valence-electron chi connectivity index (χ0n) is 12.3. The molecule has 1 aromatic heterocycles. The van der Waals surface area contributed by atoms with Crippen LogP contribution < -0.4 is 9.47 Å². The van der Waals surface area contributed by atoms with Crippen LogP contribution in [0.5, 0.6) is 11.5 Å². The van der Waals surface area contributed by atoms with Gasteiger partial charge in [-0.1, -0.05) is 18.5 Å². The van der Waals surface area contributed by atoms with Crippen LogP contribution in [-0.2, 0) is 26.0 Å². The molecule has 0 radical (unpaired) electrons. The van der Waals surface area contributed by atoms with Crippen molar-refractivity contribution in [2.24, 2.45) is 7.05 Å². The molecule has 0 spiro atoms. The Labute approximate surface area is 134 Å². The van der Waals surface area contributed by atoms with Gasteiger partial charge in [-0.2, -0.15) is 5.10 Å². The molecule has 1 heterocycles. The molecule has 0 aliphatic heterocycles. The minimum Gasteiger partial charge on any atom is -0.493 e. The Morgan fingerprint density at radius 2 is 2.05 bits per heavy atom. The van der Waals surface area contributed by atoms with Gasteiger partial charge in [0.1, 0.15) is 6.61 Å². The molecule has 0 fully saturated rings. The highest BCUT2D eigenvalue weighted by Gasteiger charge is 2.13. The van der Waals surface area contributed by atoms with Gasteiger partial charge in [-0.25, -0.2) is 0 Å². The highest BCUT2D eigenvalue weighted by molar-refractivity contribution is 6.32. The maximum absolute atomic E-state index is 6.24. The number of nitrogens with zero attached hydrogens (tertiary/aromatic N) is 2. The molecule has 6 heteroatoms. The third-order valence-corrected chi connectivity index (χ3v) is 3.79. The van der Waals surface area contributed by atoms with Crippen molar-refractivity contribution in [3.8, 4) is 11.5 Å². The second kappa shape index (κ2) is 7.05. The summed E-state index contributed by atoms with van der Waals surface area (Å²) in [6.07, 6.45) is 0.891. The first-order valence-electron chi connectivity index (χ1n) is 6.66. The molecule has 0 amide bonds. The third kappa shape index (κ3) is 3.63. The molecule has 0 atom stereocenters. The average Bonchev–Trinajstić information content (AvgIpc) is 2.85. The topological polar surface area (TPSA) is 36.3 Å². The van der Waals surface area contributed by atoms with Crippen molar-refractivity contribution in [2.75, 3.05) is 7.11 Å². The minimum absolute atomic E-state index is 0.373. The van der Waals surface area contributed by atoms with E-state index in [0.717, 1.165) is 23.4 Å². The Balaban J connectivity index is 2.21. The van der Waals surface area contributed by atoms with Crippen LogP contribution in [0.15, 0.2) is 18.2 Å². The van der Waals surface area contributed by atoms with Crippen molar-refractivity contribution < 1.29 is 9.47 Å². The zero-order valence-corrected chi connectivity index (χ0v) is 13.8. The second-order valence-corrected chi connectivity index (χ2v) is 5.31. The summed E-state index contributed by atoms with van der Waals surface area (Å²) in [7, 11) is 3.48. The largest absolute Gasteiger partial charge is 0.493 e. The van der Waals surface area contributed by atoms with Crippen molar-refractivity contribution in [2.45, 2.75) is 25.8 Å². The first-order valence-corrected chi connectivity index (χ1v) is 7.57. The molecule has 0 N–H and O–H groups in total. The molecule has 2 rings (SSSR count). The molecule has 1 aromatic carbocycles. The number of aromatic nitrogens is 2. The smallest absolute Gasteiger partial charge is 0.180 e. The van der Waals surface area contributed by atoms with E-state index in [9.17, 15) is 0 Å². The van der Waals surface area contributed by atoms with Gasteiger partial charge in [-0.3, -0.25) is 4.68 Å². The molecule has 21 heavy (non-hydrogen) atoms. The first-order chi connectivity index (χ1) is 10.1. The Kier molecular flexibility index (Phi) is 5.37. The Morgan fingerprint density at radius 3 is 2.62 bits per heavy atom. The Morgan fingerprint density at radius 1 is 1.29 bits per heavy atom. The van der Waals surface area contributed by atoms with Gasteiger partial charge in [-0.15, -0.1) is 11.6 Å². The number of rotatable bonds is 6. The molecule has 0 aliphatic rings. The highest BCUT2D eigenvalue weighted by atomic mass is 35.5. The van der Waals surface area contributed by atoms with E-state index in [-0.39, 0.29) is 0 Å². The second-order valence-electron chi connectivity index (χ2n) is 4.64. The van der Waals surface area contributed by atoms with E-state index >= 15 is 0 Å². The van der Waals surface area contributed by atoms with Crippen molar-refractivity contribution in [3.63, 3.8) is 0 Å². The fourth-order valence-corrected chi connectivity index (χ4v) is 2.46. The van der Waals surface area contributed by atoms with Gasteiger partial charge in [-0.05, 0) is 30.2 Å². The number of benzene rings is 1. The molecular formula is C15H18Cl2N2O2. The Bertz CT molecular complexity index is 626. The number of halogens is 2. The Hall–Kier alpha value is -1.39. The molecule has 114 valence electrons. The molecule has 2 aromatic rings. The van der Waals surface area contributed by atoms with Crippen LogP contribution in [0.2, 0.25) is 5.02 Å². The minimum atomic E-state index is 0.373. The summed E-state index contributed by atoms with van der Waals surface area (Å²) >= 11 is 12.1. The van der Waals surface area contributed by atoms with Gasteiger partial charge in [0, 0.05) is 12.9 Å². The number of hydrogen-bond acceptors (Lipinski definition) is 3. The monoisotopic (exact) mass is 328 g/mol. The lowest BCUT2D eigenvalue weighted by molar-refractivity contribution is 0.276. The molecule has 0 bridgehead atoms. The lowest BCUT2D eigenvalue weighted by atomic mass is 10.2. The van der Waals surface area contributed by atoms with Crippen molar-refractivity contribution in [1.82, 2.24) is 9.78 Å². The third-order valence-electron chi connectivity index (χ3n) is 3.20. The van der Waals surface area contributed by atoms with Crippen molar-refractivity contribution >= 4 is 23.2 Å². The van der Waals surface area contributed by atoms with Gasteiger partial charge in [0.25, 0.3) is 0 Å². The standard InChI is InChI=1S/C15H18Cl2N2O2/c1-4-11-7-12(19(2)18-11)9-21-15-13(17)5-10(8-16)6-14(15)20-3/h5-7H,4,8-9H2,1-3H3. The lowest BCUT2D eigenvalue weighted by Gasteiger charge is -2.13. The molecule has 0 aliphatic carbocycles. The van der Waals surface area contributed by atoms with E-state index < -0.39 is 0 Å². The van der Waals surface area contributed by atoms with Crippen LogP contribution in [0.1, 0.15) is 23.9 Å². The van der Waals surface area contributed by atoms with Crippen LogP contribution in [0.3, 0.4) is 0 Å². The summed E-state index contributed by atoms with van der Waals surface area (Å²) in [5, 5.41) is 4.88. The van der Waals surface area contributed by atoms with Gasteiger partial charge >= 0.3 is 0 Å². The number of aryl methyl sites for hydroxylation is 2. The lowest BCUT2D eigenvalue weighted by Crippen LogP contribution is -2.04. The molecule has 0 saturated carbocycles. The zero-order chi connectivity index (χ0) is 15.4. The van der Waals surface area contributed by atoms with Crippen LogP contribution in [0, 0.1) is 0 Å². The van der Waals surface area contributed by atoms with Gasteiger partial charge < -0.3 is 9.47 Å². The number of methoxy groups -OCH3 is 1. The summed E-state index contributed by atoms with van der Waals surface area (Å²) in [5.74, 6) is 1.47. The molecule has 0 saturated heterocycles. The van der Waals surface area contributed by atoms with Gasteiger partial charge in [0.15, 0.2) is 11.5 Å². The van der Waals surface area contributed by atoms with E-state index in [4.69, 9.17) is 32.7 Å². The van der Waals surface area contributed by atoms with Crippen molar-refractivity contribution in [3.05, 3.63) is 40.2 Å². The van der Waals surface area contributed by atoms with Gasteiger partial charge in [0.05, 0.1) is 23.5 Å². The average molecular weight is 329 g/mol. The SMILES string of the molecule is CCc1cc(COc2c(Cl)cc(CCl)cc2OC)n(C)n1. The predicted molar refractivity (Wildman–Crippen MR) is 84.5 cm³/mol. The van der Waals surface area contributed by atoms with E-state index in [1.165, 1.54) is 0 Å². The predicted octanol–water partition coefficient (Wildman–Crippen LogP) is 3.96. The number of alkyl halides is 1. The first kappa shape index (κ1) is 16.0.